The minimum absolute atomic E-state index is 0.0259. The van der Waals surface area contributed by atoms with E-state index in [9.17, 15) is 13.2 Å². The molecule has 0 aromatic heterocycles. The predicted molar refractivity (Wildman–Crippen MR) is 92.0 cm³/mol. The average molecular weight is 359 g/mol. The first kappa shape index (κ1) is 18.2. The maximum absolute atomic E-state index is 12.3. The predicted octanol–water partition coefficient (Wildman–Crippen LogP) is 2.16. The summed E-state index contributed by atoms with van der Waals surface area (Å²) in [5.41, 5.74) is 0.914. The minimum Gasteiger partial charge on any atom is -0.340 e. The Bertz CT molecular complexity index is 623. The summed E-state index contributed by atoms with van der Waals surface area (Å²) in [6, 6.07) is 7.21. The molecule has 1 aromatic rings. The van der Waals surface area contributed by atoms with Gasteiger partial charge in [0.15, 0.2) is 0 Å². The summed E-state index contributed by atoms with van der Waals surface area (Å²) < 4.78 is 25.8. The molecule has 1 heterocycles. The number of rotatable bonds is 6. The van der Waals surface area contributed by atoms with Crippen molar-refractivity contribution in [2.75, 3.05) is 31.9 Å². The highest BCUT2D eigenvalue weighted by Crippen LogP contribution is 2.13. The van der Waals surface area contributed by atoms with Crippen LogP contribution in [0.2, 0.25) is 5.02 Å². The van der Waals surface area contributed by atoms with Gasteiger partial charge in [-0.2, -0.15) is 4.31 Å². The summed E-state index contributed by atoms with van der Waals surface area (Å²) in [6.45, 7) is 3.66. The Morgan fingerprint density at radius 3 is 2.30 bits per heavy atom. The van der Waals surface area contributed by atoms with Crippen LogP contribution in [0, 0.1) is 0 Å². The van der Waals surface area contributed by atoms with Gasteiger partial charge in [-0.25, -0.2) is 8.42 Å². The van der Waals surface area contributed by atoms with E-state index >= 15 is 0 Å². The van der Waals surface area contributed by atoms with Crippen molar-refractivity contribution in [3.8, 4) is 0 Å². The molecule has 5 nitrogen and oxygen atoms in total. The molecule has 0 spiro atoms. The second-order valence-electron chi connectivity index (χ2n) is 5.75. The standard InChI is InChI=1S/C16H23ClN2O3S/c1-2-3-12-23(21,22)19-10-8-18(9-11-19)16(20)13-14-4-6-15(17)7-5-14/h4-7H,2-3,8-13H2,1H3. The molecule has 23 heavy (non-hydrogen) atoms. The van der Waals surface area contributed by atoms with Gasteiger partial charge >= 0.3 is 0 Å². The molecule has 0 radical (unpaired) electrons. The Balaban J connectivity index is 1.86. The first-order valence-electron chi connectivity index (χ1n) is 7.92. The van der Waals surface area contributed by atoms with Crippen molar-refractivity contribution in [1.29, 1.82) is 0 Å². The second-order valence-corrected chi connectivity index (χ2v) is 8.28. The van der Waals surface area contributed by atoms with E-state index < -0.39 is 10.0 Å². The van der Waals surface area contributed by atoms with E-state index in [-0.39, 0.29) is 11.7 Å². The number of halogens is 1. The third kappa shape index (κ3) is 5.19. The lowest BCUT2D eigenvalue weighted by molar-refractivity contribution is -0.131. The molecule has 7 heteroatoms. The molecule has 0 unspecified atom stereocenters. The van der Waals surface area contributed by atoms with Gasteiger partial charge in [0.05, 0.1) is 12.2 Å². The number of sulfonamides is 1. The van der Waals surface area contributed by atoms with Crippen LogP contribution in [0.4, 0.5) is 0 Å². The van der Waals surface area contributed by atoms with Crippen molar-refractivity contribution in [2.24, 2.45) is 0 Å². The fourth-order valence-corrected chi connectivity index (χ4v) is 4.32. The summed E-state index contributed by atoms with van der Waals surface area (Å²) in [5, 5.41) is 0.645. The van der Waals surface area contributed by atoms with Crippen LogP contribution in [0.5, 0.6) is 0 Å². The number of amides is 1. The highest BCUT2D eigenvalue weighted by atomic mass is 35.5. The van der Waals surface area contributed by atoms with Crippen molar-refractivity contribution in [2.45, 2.75) is 26.2 Å². The first-order chi connectivity index (χ1) is 10.9. The fourth-order valence-electron chi connectivity index (χ4n) is 2.56. The maximum Gasteiger partial charge on any atom is 0.227 e. The zero-order valence-electron chi connectivity index (χ0n) is 13.4. The molecule has 0 atom stereocenters. The Morgan fingerprint density at radius 2 is 1.74 bits per heavy atom. The topological polar surface area (TPSA) is 57.7 Å². The molecule has 0 saturated carbocycles. The van der Waals surface area contributed by atoms with Crippen LogP contribution >= 0.6 is 11.6 Å². The molecule has 1 saturated heterocycles. The van der Waals surface area contributed by atoms with Crippen LogP contribution in [0.3, 0.4) is 0 Å². The smallest absolute Gasteiger partial charge is 0.227 e. The van der Waals surface area contributed by atoms with Gasteiger partial charge in [0, 0.05) is 31.2 Å². The molecular weight excluding hydrogens is 336 g/mol. The van der Waals surface area contributed by atoms with Crippen LogP contribution in [0.1, 0.15) is 25.3 Å². The number of piperazine rings is 1. The number of nitrogens with zero attached hydrogens (tertiary/aromatic N) is 2. The van der Waals surface area contributed by atoms with Crippen LogP contribution in [0.25, 0.3) is 0 Å². The molecule has 1 aliphatic heterocycles. The highest BCUT2D eigenvalue weighted by molar-refractivity contribution is 7.89. The van der Waals surface area contributed by atoms with Gasteiger partial charge < -0.3 is 4.90 Å². The van der Waals surface area contributed by atoms with Crippen molar-refractivity contribution >= 4 is 27.5 Å². The molecule has 1 amide bonds. The van der Waals surface area contributed by atoms with E-state index in [1.165, 1.54) is 4.31 Å². The third-order valence-corrected chi connectivity index (χ3v) is 6.22. The van der Waals surface area contributed by atoms with E-state index in [1.807, 2.05) is 19.1 Å². The Morgan fingerprint density at radius 1 is 1.13 bits per heavy atom. The van der Waals surface area contributed by atoms with Crippen LogP contribution in [-0.2, 0) is 21.2 Å². The second kappa shape index (κ2) is 8.13. The molecule has 128 valence electrons. The minimum atomic E-state index is -3.18. The third-order valence-electron chi connectivity index (χ3n) is 4.01. The SMILES string of the molecule is CCCCS(=O)(=O)N1CCN(C(=O)Cc2ccc(Cl)cc2)CC1. The van der Waals surface area contributed by atoms with Crippen LogP contribution in [0.15, 0.2) is 24.3 Å². The number of unbranched alkanes of at least 4 members (excludes halogenated alkanes) is 1. The van der Waals surface area contributed by atoms with Gasteiger partial charge in [-0.05, 0) is 24.1 Å². The first-order valence-corrected chi connectivity index (χ1v) is 9.91. The molecule has 0 aliphatic carbocycles. The molecule has 2 rings (SSSR count). The largest absolute Gasteiger partial charge is 0.340 e. The quantitative estimate of drug-likeness (QED) is 0.783. The van der Waals surface area contributed by atoms with Crippen molar-refractivity contribution < 1.29 is 13.2 Å². The number of hydrogen-bond acceptors (Lipinski definition) is 3. The number of hydrogen-bond donors (Lipinski definition) is 0. The molecule has 1 aliphatic rings. The number of benzene rings is 1. The molecule has 0 bridgehead atoms. The summed E-state index contributed by atoms with van der Waals surface area (Å²) in [6.07, 6.45) is 1.86. The molecular formula is C16H23ClN2O3S. The molecule has 0 N–H and O–H groups in total. The van der Waals surface area contributed by atoms with E-state index in [4.69, 9.17) is 11.6 Å². The maximum atomic E-state index is 12.3. The Labute approximate surface area is 143 Å². The van der Waals surface area contributed by atoms with Crippen LogP contribution < -0.4 is 0 Å². The Hall–Kier alpha value is -1.11. The van der Waals surface area contributed by atoms with Crippen molar-refractivity contribution in [1.82, 2.24) is 9.21 Å². The van der Waals surface area contributed by atoms with Gasteiger partial charge in [-0.1, -0.05) is 37.1 Å². The number of carbonyl (C=O) groups excluding carboxylic acids is 1. The van der Waals surface area contributed by atoms with E-state index in [2.05, 4.69) is 0 Å². The normalized spacial score (nSPS) is 16.5. The van der Waals surface area contributed by atoms with Gasteiger partial charge in [0.25, 0.3) is 0 Å². The summed E-state index contributed by atoms with van der Waals surface area (Å²) in [4.78, 5) is 14.0. The van der Waals surface area contributed by atoms with Crippen molar-refractivity contribution in [3.05, 3.63) is 34.9 Å². The highest BCUT2D eigenvalue weighted by Gasteiger charge is 2.28. The lowest BCUT2D eigenvalue weighted by Gasteiger charge is -2.34. The molecule has 1 fully saturated rings. The zero-order chi connectivity index (χ0) is 16.9. The molecule has 1 aromatic carbocycles. The van der Waals surface area contributed by atoms with Crippen molar-refractivity contribution in [3.63, 3.8) is 0 Å². The van der Waals surface area contributed by atoms with Gasteiger partial charge in [0.2, 0.25) is 15.9 Å². The number of carbonyl (C=O) groups is 1. The van der Waals surface area contributed by atoms with Gasteiger partial charge in [-0.15, -0.1) is 0 Å². The Kier molecular flexibility index (Phi) is 6.44. The summed E-state index contributed by atoms with van der Waals surface area (Å²) >= 11 is 5.83. The lowest BCUT2D eigenvalue weighted by atomic mass is 10.1. The monoisotopic (exact) mass is 358 g/mol. The van der Waals surface area contributed by atoms with E-state index in [1.54, 1.807) is 17.0 Å². The fraction of sp³-hybridized carbons (Fsp3) is 0.562. The van der Waals surface area contributed by atoms with E-state index in [0.717, 1.165) is 12.0 Å². The summed E-state index contributed by atoms with van der Waals surface area (Å²) in [7, 11) is -3.18. The van der Waals surface area contributed by atoms with Crippen LogP contribution in [-0.4, -0.2) is 55.5 Å². The summed E-state index contributed by atoms with van der Waals surface area (Å²) in [5.74, 6) is 0.223. The van der Waals surface area contributed by atoms with Gasteiger partial charge in [0.1, 0.15) is 0 Å². The van der Waals surface area contributed by atoms with Gasteiger partial charge in [-0.3, -0.25) is 4.79 Å². The zero-order valence-corrected chi connectivity index (χ0v) is 14.9. The average Bonchev–Trinajstić information content (AvgIpc) is 2.55. The lowest BCUT2D eigenvalue weighted by Crippen LogP contribution is -2.51. The van der Waals surface area contributed by atoms with E-state index in [0.29, 0.717) is 44.0 Å².